The maximum absolute atomic E-state index is 14.1. The van der Waals surface area contributed by atoms with Crippen molar-refractivity contribution in [2.75, 3.05) is 6.54 Å². The molecule has 2 fully saturated rings. The van der Waals surface area contributed by atoms with Crippen LogP contribution in [-0.2, 0) is 19.2 Å². The van der Waals surface area contributed by atoms with Gasteiger partial charge in [-0.15, -0.1) is 6.42 Å². The number of carbonyl (C=O) groups is 4. The normalized spacial score (nSPS) is 22.4. The van der Waals surface area contributed by atoms with Gasteiger partial charge < -0.3 is 39.0 Å². The smallest absolute Gasteiger partial charge is 0.295 e. The number of carbonyl (C=O) groups excluding carboxylic acids is 4. The van der Waals surface area contributed by atoms with Crippen LogP contribution >= 0.6 is 0 Å². The van der Waals surface area contributed by atoms with Crippen LogP contribution in [0.25, 0.3) is 0 Å². The first kappa shape index (κ1) is 31.7. The molecule has 0 unspecified atom stereocenters. The quantitative estimate of drug-likeness (QED) is 0.273. The zero-order chi connectivity index (χ0) is 28.6. The van der Waals surface area contributed by atoms with Crippen molar-refractivity contribution in [1.82, 2.24) is 20.9 Å². The minimum Gasteiger partial charge on any atom is -1.00 e. The fourth-order valence-electron chi connectivity index (χ4n) is 5.70. The third kappa shape index (κ3) is 7.46. The molecule has 0 bridgehead atoms. The number of hydrogen-bond acceptors (Lipinski definition) is 5. The van der Waals surface area contributed by atoms with Crippen LogP contribution in [-0.4, -0.2) is 59.2 Å². The van der Waals surface area contributed by atoms with Crippen LogP contribution in [0.1, 0.15) is 56.2 Å². The second-order valence-electron chi connectivity index (χ2n) is 10.4. The molecular formula is C31H37ClN5O4-. The molecule has 9 nitrogen and oxygen atoms in total. The molecule has 0 spiro atoms. The topological polar surface area (TPSA) is 134 Å². The number of amides is 4. The lowest BCUT2D eigenvalue weighted by Gasteiger charge is -2.33. The molecule has 0 aromatic heterocycles. The number of halogens is 1. The first-order valence-electron chi connectivity index (χ1n) is 13.9. The highest BCUT2D eigenvalue weighted by Gasteiger charge is 2.48. The van der Waals surface area contributed by atoms with Crippen LogP contribution < -0.4 is 34.1 Å². The Morgan fingerprint density at radius 2 is 1.59 bits per heavy atom. The molecule has 2 aromatic rings. The summed E-state index contributed by atoms with van der Waals surface area (Å²) in [5.74, 6) is 0.00444. The molecule has 2 heterocycles. The van der Waals surface area contributed by atoms with Crippen molar-refractivity contribution in [3.8, 4) is 12.3 Å². The Morgan fingerprint density at radius 1 is 1.00 bits per heavy atom. The first-order valence-corrected chi connectivity index (χ1v) is 13.9. The summed E-state index contributed by atoms with van der Waals surface area (Å²) in [6, 6.07) is 16.5. The maximum atomic E-state index is 14.1. The van der Waals surface area contributed by atoms with Crippen molar-refractivity contribution < 1.29 is 31.6 Å². The van der Waals surface area contributed by atoms with Gasteiger partial charge in [-0.1, -0.05) is 67.6 Å². The summed E-state index contributed by atoms with van der Waals surface area (Å²) >= 11 is 0. The van der Waals surface area contributed by atoms with Gasteiger partial charge in [-0.05, 0) is 49.2 Å². The summed E-state index contributed by atoms with van der Waals surface area (Å²) in [6.45, 7) is 1.92. The van der Waals surface area contributed by atoms with Crippen molar-refractivity contribution >= 4 is 23.6 Å². The van der Waals surface area contributed by atoms with Gasteiger partial charge in [-0.2, -0.15) is 0 Å². The SMILES string of the molecule is C#CC(=O)NC[C@H]1CC[C@H]2CC[C@@H](C(=O)NC(c3ccccc3)c3ccccc3)N2C(=O)[C@H]1NC(=O)[C@@H](N)CC.[Cl-]. The van der Waals surface area contributed by atoms with Crippen LogP contribution in [0.3, 0.4) is 0 Å². The fraction of sp³-hybridized carbons (Fsp3) is 0.419. The Balaban J connectivity index is 0.00000462. The number of benzene rings is 2. The van der Waals surface area contributed by atoms with Crippen molar-refractivity contribution in [2.45, 2.75) is 69.2 Å². The first-order chi connectivity index (χ1) is 19.3. The third-order valence-corrected chi connectivity index (χ3v) is 7.95. The second-order valence-corrected chi connectivity index (χ2v) is 10.4. The number of hydrogen-bond donors (Lipinski definition) is 4. The third-order valence-electron chi connectivity index (χ3n) is 7.95. The summed E-state index contributed by atoms with van der Waals surface area (Å²) in [5.41, 5.74) is 7.82. The van der Waals surface area contributed by atoms with Crippen molar-refractivity contribution in [3.05, 3.63) is 71.8 Å². The molecule has 4 rings (SSSR count). The Labute approximate surface area is 247 Å². The zero-order valence-corrected chi connectivity index (χ0v) is 23.8. The van der Waals surface area contributed by atoms with Crippen LogP contribution in [0.15, 0.2) is 60.7 Å². The van der Waals surface area contributed by atoms with E-state index in [0.29, 0.717) is 32.1 Å². The molecule has 5 atom stereocenters. The predicted octanol–water partition coefficient (Wildman–Crippen LogP) is -1.36. The van der Waals surface area contributed by atoms with Gasteiger partial charge in [0.1, 0.15) is 12.1 Å². The van der Waals surface area contributed by atoms with Gasteiger partial charge >= 0.3 is 0 Å². The molecule has 0 radical (unpaired) electrons. The number of nitrogens with one attached hydrogen (secondary N) is 3. The Bertz CT molecular complexity index is 1210. The predicted molar refractivity (Wildman–Crippen MR) is 151 cm³/mol. The van der Waals surface area contributed by atoms with E-state index in [1.54, 1.807) is 11.8 Å². The number of fused-ring (bicyclic) bond motifs is 1. The zero-order valence-electron chi connectivity index (χ0n) is 23.1. The Morgan fingerprint density at radius 3 is 2.15 bits per heavy atom. The Hall–Kier alpha value is -3.87. The lowest BCUT2D eigenvalue weighted by atomic mass is 9.92. The lowest BCUT2D eigenvalue weighted by Crippen LogP contribution is -3.00. The van der Waals surface area contributed by atoms with E-state index < -0.39 is 35.9 Å². The minimum absolute atomic E-state index is 0. The highest BCUT2D eigenvalue weighted by molar-refractivity contribution is 5.95. The van der Waals surface area contributed by atoms with E-state index >= 15 is 0 Å². The number of nitrogens with two attached hydrogens (primary N) is 1. The molecule has 4 amide bonds. The summed E-state index contributed by atoms with van der Waals surface area (Å²) < 4.78 is 0. The fourth-order valence-corrected chi connectivity index (χ4v) is 5.70. The molecule has 218 valence electrons. The Kier molecular flexibility index (Phi) is 11.3. The largest absolute Gasteiger partial charge is 1.00 e. The van der Waals surface area contributed by atoms with E-state index in [1.165, 1.54) is 0 Å². The van der Waals surface area contributed by atoms with Gasteiger partial charge in [-0.3, -0.25) is 19.2 Å². The summed E-state index contributed by atoms with van der Waals surface area (Å²) in [5, 5.41) is 8.67. The molecule has 5 N–H and O–H groups in total. The van der Waals surface area contributed by atoms with Crippen molar-refractivity contribution in [2.24, 2.45) is 11.7 Å². The maximum Gasteiger partial charge on any atom is 0.295 e. The molecule has 2 aliphatic rings. The molecule has 2 aromatic carbocycles. The van der Waals surface area contributed by atoms with Crippen LogP contribution in [0.2, 0.25) is 0 Å². The van der Waals surface area contributed by atoms with Gasteiger partial charge in [0.2, 0.25) is 17.7 Å². The molecular weight excluding hydrogens is 542 g/mol. The van der Waals surface area contributed by atoms with Crippen LogP contribution in [0, 0.1) is 18.3 Å². The van der Waals surface area contributed by atoms with E-state index in [0.717, 1.165) is 11.1 Å². The van der Waals surface area contributed by atoms with Gasteiger partial charge in [0, 0.05) is 18.5 Å². The molecule has 2 aliphatic heterocycles. The molecule has 0 saturated carbocycles. The van der Waals surface area contributed by atoms with E-state index in [-0.39, 0.29) is 42.8 Å². The average Bonchev–Trinajstić information content (AvgIpc) is 3.37. The van der Waals surface area contributed by atoms with E-state index in [1.807, 2.05) is 66.6 Å². The molecule has 2 saturated heterocycles. The van der Waals surface area contributed by atoms with Crippen molar-refractivity contribution in [1.29, 1.82) is 0 Å². The van der Waals surface area contributed by atoms with Gasteiger partial charge in [0.15, 0.2) is 0 Å². The monoisotopic (exact) mass is 578 g/mol. The number of terminal acetylenes is 1. The van der Waals surface area contributed by atoms with Crippen LogP contribution in [0.4, 0.5) is 0 Å². The van der Waals surface area contributed by atoms with Gasteiger partial charge in [-0.25, -0.2) is 0 Å². The highest BCUT2D eigenvalue weighted by atomic mass is 35.5. The van der Waals surface area contributed by atoms with E-state index in [9.17, 15) is 19.2 Å². The van der Waals surface area contributed by atoms with Gasteiger partial charge in [0.05, 0.1) is 12.1 Å². The summed E-state index contributed by atoms with van der Waals surface area (Å²) in [7, 11) is 0. The van der Waals surface area contributed by atoms with Crippen molar-refractivity contribution in [3.63, 3.8) is 0 Å². The lowest BCUT2D eigenvalue weighted by molar-refractivity contribution is -0.143. The summed E-state index contributed by atoms with van der Waals surface area (Å²) in [4.78, 5) is 54.1. The standard InChI is InChI=1S/C31H37N5O4.ClH/c1-3-24(32)29(38)35-28-22(19-33-26(37)4-2)15-16-23-17-18-25(36(23)31(28)40)30(39)34-27(20-11-7-5-8-12-20)21-13-9-6-10-14-21;/h2,5-14,22-25,27-28H,3,15-19,32H2,1H3,(H,33,37)(H,34,39)(H,35,38);1H/p-1/t22-,23+,24+,25+,28+;/m1./s1. The summed E-state index contributed by atoms with van der Waals surface area (Å²) in [6.07, 6.45) is 8.00. The average molecular weight is 579 g/mol. The van der Waals surface area contributed by atoms with Gasteiger partial charge in [0.25, 0.3) is 5.91 Å². The minimum atomic E-state index is -0.944. The second kappa shape index (κ2) is 14.7. The molecule has 0 aliphatic carbocycles. The number of nitrogens with zero attached hydrogens (tertiary/aromatic N) is 1. The van der Waals surface area contributed by atoms with E-state index in [2.05, 4.69) is 16.0 Å². The molecule has 10 heteroatoms. The van der Waals surface area contributed by atoms with E-state index in [4.69, 9.17) is 12.2 Å². The van der Waals surface area contributed by atoms with Crippen LogP contribution in [0.5, 0.6) is 0 Å². The molecule has 41 heavy (non-hydrogen) atoms. The number of rotatable bonds is 9. The highest BCUT2D eigenvalue weighted by Crippen LogP contribution is 2.34.